The van der Waals surface area contributed by atoms with Crippen molar-refractivity contribution in [3.8, 4) is 10.6 Å². The molecule has 2 N–H and O–H groups in total. The van der Waals surface area contributed by atoms with Gasteiger partial charge in [-0.25, -0.2) is 9.78 Å². The molecule has 0 saturated carbocycles. The van der Waals surface area contributed by atoms with E-state index in [2.05, 4.69) is 15.6 Å². The van der Waals surface area contributed by atoms with E-state index in [9.17, 15) is 9.59 Å². The molecule has 7 nitrogen and oxygen atoms in total. The molecule has 0 aliphatic carbocycles. The number of carbonyl (C=O) groups is 2. The summed E-state index contributed by atoms with van der Waals surface area (Å²) in [5.41, 5.74) is 2.66. The van der Waals surface area contributed by atoms with Gasteiger partial charge < -0.3 is 20.3 Å². The summed E-state index contributed by atoms with van der Waals surface area (Å²) in [5, 5.41) is 8.60. The highest BCUT2D eigenvalue weighted by Gasteiger charge is 2.16. The number of morpholine rings is 1. The van der Waals surface area contributed by atoms with Crippen LogP contribution in [0.1, 0.15) is 12.6 Å². The topological polar surface area (TPSA) is 83.6 Å². The number of rotatable bonds is 5. The number of aromatic nitrogens is 1. The van der Waals surface area contributed by atoms with Gasteiger partial charge in [0.05, 0.1) is 18.9 Å². The molecular weight excluding hydrogens is 352 g/mol. The van der Waals surface area contributed by atoms with Crippen molar-refractivity contribution in [2.75, 3.05) is 38.2 Å². The van der Waals surface area contributed by atoms with E-state index >= 15 is 0 Å². The van der Waals surface area contributed by atoms with Crippen LogP contribution < -0.4 is 10.6 Å². The van der Waals surface area contributed by atoms with Crippen LogP contribution in [0.5, 0.6) is 0 Å². The van der Waals surface area contributed by atoms with Gasteiger partial charge in [-0.2, -0.15) is 0 Å². The molecule has 2 heterocycles. The Balaban J connectivity index is 1.53. The van der Waals surface area contributed by atoms with Crippen LogP contribution >= 0.6 is 11.3 Å². The zero-order valence-electron chi connectivity index (χ0n) is 14.7. The molecule has 1 aliphatic heterocycles. The van der Waals surface area contributed by atoms with Crippen LogP contribution in [-0.4, -0.2) is 54.7 Å². The van der Waals surface area contributed by atoms with Gasteiger partial charge in [-0.15, -0.1) is 11.3 Å². The highest BCUT2D eigenvalue weighted by Crippen LogP contribution is 2.26. The Morgan fingerprint density at radius 3 is 2.88 bits per heavy atom. The maximum atomic E-state index is 12.0. The van der Waals surface area contributed by atoms with Crippen molar-refractivity contribution in [3.63, 3.8) is 0 Å². The minimum Gasteiger partial charge on any atom is -0.378 e. The van der Waals surface area contributed by atoms with E-state index < -0.39 is 0 Å². The molecule has 138 valence electrons. The van der Waals surface area contributed by atoms with Crippen molar-refractivity contribution in [1.29, 1.82) is 0 Å². The minimum atomic E-state index is -0.0991. The highest BCUT2D eigenvalue weighted by molar-refractivity contribution is 7.13. The first-order valence-electron chi connectivity index (χ1n) is 8.55. The zero-order chi connectivity index (χ0) is 18.4. The standard InChI is InChI=1S/C18H22N4O3S/c1-13(23)20-15-4-2-3-14(11-15)17-21-16(12-26-17)5-6-19-18(24)22-7-9-25-10-8-22/h2-4,11-12H,5-10H2,1H3,(H,19,24)(H,20,23). The average molecular weight is 374 g/mol. The molecule has 1 aliphatic rings. The van der Waals surface area contributed by atoms with Crippen LogP contribution in [0.15, 0.2) is 29.6 Å². The number of nitrogens with one attached hydrogen (secondary N) is 2. The van der Waals surface area contributed by atoms with Crippen molar-refractivity contribution >= 4 is 29.0 Å². The summed E-state index contributed by atoms with van der Waals surface area (Å²) >= 11 is 1.55. The van der Waals surface area contributed by atoms with Gasteiger partial charge in [-0.1, -0.05) is 12.1 Å². The molecule has 3 rings (SSSR count). The molecule has 1 fully saturated rings. The second-order valence-electron chi connectivity index (χ2n) is 5.99. The Bertz CT molecular complexity index is 771. The fourth-order valence-corrected chi connectivity index (χ4v) is 3.51. The predicted octanol–water partition coefficient (Wildman–Crippen LogP) is 2.35. The number of urea groups is 1. The number of benzene rings is 1. The predicted molar refractivity (Wildman–Crippen MR) is 101 cm³/mol. The molecule has 0 atom stereocenters. The fraction of sp³-hybridized carbons (Fsp3) is 0.389. The van der Waals surface area contributed by atoms with Crippen LogP contribution in [0.3, 0.4) is 0 Å². The number of ether oxygens (including phenoxy) is 1. The molecule has 3 amide bonds. The van der Waals surface area contributed by atoms with Crippen LogP contribution in [-0.2, 0) is 16.0 Å². The molecule has 1 saturated heterocycles. The molecule has 2 aromatic rings. The Hall–Kier alpha value is -2.45. The van der Waals surface area contributed by atoms with E-state index in [4.69, 9.17) is 4.74 Å². The van der Waals surface area contributed by atoms with E-state index in [0.717, 1.165) is 22.0 Å². The fourth-order valence-electron chi connectivity index (χ4n) is 2.66. The van der Waals surface area contributed by atoms with Crippen LogP contribution in [0.25, 0.3) is 10.6 Å². The normalized spacial score (nSPS) is 14.1. The Kier molecular flexibility index (Phi) is 6.19. The molecule has 1 aromatic heterocycles. The maximum Gasteiger partial charge on any atom is 0.317 e. The molecule has 0 unspecified atom stereocenters. The van der Waals surface area contributed by atoms with Crippen LogP contribution in [0.2, 0.25) is 0 Å². The Morgan fingerprint density at radius 2 is 2.12 bits per heavy atom. The lowest BCUT2D eigenvalue weighted by Crippen LogP contribution is -2.46. The molecule has 8 heteroatoms. The summed E-state index contributed by atoms with van der Waals surface area (Å²) in [6.07, 6.45) is 0.679. The lowest BCUT2D eigenvalue weighted by atomic mass is 10.2. The number of nitrogens with zero attached hydrogens (tertiary/aromatic N) is 2. The largest absolute Gasteiger partial charge is 0.378 e. The van der Waals surface area contributed by atoms with E-state index in [1.807, 2.05) is 29.6 Å². The first-order valence-corrected chi connectivity index (χ1v) is 9.43. The SMILES string of the molecule is CC(=O)Nc1cccc(-c2nc(CCNC(=O)N3CCOCC3)cs2)c1. The lowest BCUT2D eigenvalue weighted by molar-refractivity contribution is -0.114. The number of hydrogen-bond donors (Lipinski definition) is 2. The van der Waals surface area contributed by atoms with Gasteiger partial charge in [0.2, 0.25) is 5.91 Å². The lowest BCUT2D eigenvalue weighted by Gasteiger charge is -2.26. The summed E-state index contributed by atoms with van der Waals surface area (Å²) in [6, 6.07) is 7.56. The summed E-state index contributed by atoms with van der Waals surface area (Å²) in [5.74, 6) is -0.0991. The average Bonchev–Trinajstić information content (AvgIpc) is 3.11. The summed E-state index contributed by atoms with van der Waals surface area (Å²) in [6.45, 7) is 4.50. The highest BCUT2D eigenvalue weighted by atomic mass is 32.1. The molecule has 0 spiro atoms. The van der Waals surface area contributed by atoms with E-state index in [1.165, 1.54) is 6.92 Å². The number of hydrogen-bond acceptors (Lipinski definition) is 5. The van der Waals surface area contributed by atoms with Crippen LogP contribution in [0, 0.1) is 0 Å². The zero-order valence-corrected chi connectivity index (χ0v) is 15.5. The minimum absolute atomic E-state index is 0.0493. The van der Waals surface area contributed by atoms with Gasteiger partial charge >= 0.3 is 6.03 Å². The smallest absolute Gasteiger partial charge is 0.317 e. The van der Waals surface area contributed by atoms with Gasteiger partial charge in [0.25, 0.3) is 0 Å². The van der Waals surface area contributed by atoms with Gasteiger partial charge in [0.1, 0.15) is 5.01 Å². The van der Waals surface area contributed by atoms with Gasteiger partial charge in [-0.05, 0) is 12.1 Å². The number of anilines is 1. The van der Waals surface area contributed by atoms with E-state index in [-0.39, 0.29) is 11.9 Å². The number of amides is 3. The van der Waals surface area contributed by atoms with E-state index in [1.54, 1.807) is 16.2 Å². The monoisotopic (exact) mass is 374 g/mol. The Labute approximate surface area is 156 Å². The second-order valence-corrected chi connectivity index (χ2v) is 6.85. The first-order chi connectivity index (χ1) is 12.6. The molecular formula is C18H22N4O3S. The van der Waals surface area contributed by atoms with Crippen molar-refractivity contribution < 1.29 is 14.3 Å². The van der Waals surface area contributed by atoms with Gasteiger partial charge in [0.15, 0.2) is 0 Å². The summed E-state index contributed by atoms with van der Waals surface area (Å²) in [4.78, 5) is 29.6. The van der Waals surface area contributed by atoms with E-state index in [0.29, 0.717) is 39.3 Å². The molecule has 26 heavy (non-hydrogen) atoms. The quantitative estimate of drug-likeness (QED) is 0.842. The maximum absolute atomic E-state index is 12.0. The first kappa shape index (κ1) is 18.3. The summed E-state index contributed by atoms with van der Waals surface area (Å²) in [7, 11) is 0. The number of thiazole rings is 1. The molecule has 1 aromatic carbocycles. The van der Waals surface area contributed by atoms with Crippen LogP contribution in [0.4, 0.5) is 10.5 Å². The third-order valence-corrected chi connectivity index (χ3v) is 4.88. The van der Waals surface area contributed by atoms with Gasteiger partial charge in [0, 0.05) is 49.6 Å². The van der Waals surface area contributed by atoms with Crippen molar-refractivity contribution in [2.45, 2.75) is 13.3 Å². The van der Waals surface area contributed by atoms with Crippen molar-refractivity contribution in [3.05, 3.63) is 35.3 Å². The molecule has 0 bridgehead atoms. The second kappa shape index (κ2) is 8.77. The third-order valence-electron chi connectivity index (χ3n) is 3.94. The molecule has 0 radical (unpaired) electrons. The van der Waals surface area contributed by atoms with Crippen molar-refractivity contribution in [1.82, 2.24) is 15.2 Å². The summed E-state index contributed by atoms with van der Waals surface area (Å²) < 4.78 is 5.24. The third kappa shape index (κ3) is 5.03. The number of carbonyl (C=O) groups excluding carboxylic acids is 2. The van der Waals surface area contributed by atoms with Gasteiger partial charge in [-0.3, -0.25) is 4.79 Å². The Morgan fingerprint density at radius 1 is 1.31 bits per heavy atom. The van der Waals surface area contributed by atoms with Crippen molar-refractivity contribution in [2.24, 2.45) is 0 Å².